The van der Waals surface area contributed by atoms with Crippen LogP contribution in [0.25, 0.3) is 0 Å². The second-order valence-electron chi connectivity index (χ2n) is 5.89. The highest BCUT2D eigenvalue weighted by Gasteiger charge is 2.45. The number of hydrogen-bond acceptors (Lipinski definition) is 2. The van der Waals surface area contributed by atoms with Crippen molar-refractivity contribution in [1.29, 1.82) is 0 Å². The lowest BCUT2D eigenvalue weighted by atomic mass is 9.72. The van der Waals surface area contributed by atoms with Gasteiger partial charge in [0.05, 0.1) is 10.4 Å². The summed E-state index contributed by atoms with van der Waals surface area (Å²) in [6.07, 6.45) is 7.71. The highest BCUT2D eigenvalue weighted by Crippen LogP contribution is 2.38. The average molecular weight is 284 g/mol. The molecule has 1 amide bonds. The second kappa shape index (κ2) is 6.69. The molecule has 1 fully saturated rings. The van der Waals surface area contributed by atoms with Crippen LogP contribution < -0.4 is 11.1 Å². The minimum atomic E-state index is -0.642. The Hall–Kier alpha value is -0.640. The molecule has 0 bridgehead atoms. The first kappa shape index (κ1) is 16.4. The van der Waals surface area contributed by atoms with Crippen molar-refractivity contribution >= 4 is 23.1 Å². The van der Waals surface area contributed by atoms with Gasteiger partial charge in [-0.3, -0.25) is 4.79 Å². The van der Waals surface area contributed by atoms with E-state index in [-0.39, 0.29) is 11.4 Å². The van der Waals surface area contributed by atoms with E-state index in [1.54, 1.807) is 0 Å². The van der Waals surface area contributed by atoms with Crippen molar-refractivity contribution in [3.63, 3.8) is 0 Å². The fraction of sp³-hybridized carbons (Fsp3) is 0.867. The SMILES string of the molecule is CCCC(CCC)(C(=O)NC1(CC)CCC1)C(N)=S. The molecule has 4 heteroatoms. The molecule has 0 aromatic carbocycles. The number of carbonyl (C=O) groups is 1. The summed E-state index contributed by atoms with van der Waals surface area (Å²) in [5, 5.41) is 3.26. The number of rotatable bonds is 8. The zero-order chi connectivity index (χ0) is 14.5. The molecule has 19 heavy (non-hydrogen) atoms. The van der Waals surface area contributed by atoms with Gasteiger partial charge in [0.15, 0.2) is 0 Å². The average Bonchev–Trinajstić information content (AvgIpc) is 2.32. The molecule has 1 saturated carbocycles. The summed E-state index contributed by atoms with van der Waals surface area (Å²) in [7, 11) is 0. The highest BCUT2D eigenvalue weighted by molar-refractivity contribution is 7.80. The van der Waals surface area contributed by atoms with Crippen LogP contribution in [0.2, 0.25) is 0 Å². The van der Waals surface area contributed by atoms with Crippen molar-refractivity contribution < 1.29 is 4.79 Å². The van der Waals surface area contributed by atoms with Crippen LogP contribution in [-0.4, -0.2) is 16.4 Å². The fourth-order valence-corrected chi connectivity index (χ4v) is 3.39. The molecule has 0 aromatic heterocycles. The van der Waals surface area contributed by atoms with Crippen molar-refractivity contribution in [1.82, 2.24) is 5.32 Å². The summed E-state index contributed by atoms with van der Waals surface area (Å²) in [6.45, 7) is 6.30. The van der Waals surface area contributed by atoms with E-state index in [0.29, 0.717) is 4.99 Å². The number of nitrogens with one attached hydrogen (secondary N) is 1. The first-order chi connectivity index (χ1) is 8.96. The van der Waals surface area contributed by atoms with Crippen LogP contribution in [0.15, 0.2) is 0 Å². The standard InChI is InChI=1S/C15H28N2OS/c1-4-8-15(9-5-2,12(16)19)13(18)17-14(6-3)10-7-11-14/h4-11H2,1-3H3,(H2,16,19)(H,17,18). The van der Waals surface area contributed by atoms with Crippen LogP contribution in [0, 0.1) is 5.41 Å². The lowest BCUT2D eigenvalue weighted by Gasteiger charge is -2.45. The Labute approximate surface area is 122 Å². The van der Waals surface area contributed by atoms with Crippen molar-refractivity contribution in [2.24, 2.45) is 11.1 Å². The first-order valence-corrected chi connectivity index (χ1v) is 7.99. The van der Waals surface area contributed by atoms with E-state index < -0.39 is 5.41 Å². The van der Waals surface area contributed by atoms with Gasteiger partial charge >= 0.3 is 0 Å². The van der Waals surface area contributed by atoms with Crippen molar-refractivity contribution in [3.05, 3.63) is 0 Å². The molecule has 0 atom stereocenters. The highest BCUT2D eigenvalue weighted by atomic mass is 32.1. The van der Waals surface area contributed by atoms with Gasteiger partial charge in [0.2, 0.25) is 5.91 Å². The summed E-state index contributed by atoms with van der Waals surface area (Å²) in [5.74, 6) is 0.0604. The fourth-order valence-electron chi connectivity index (χ4n) is 3.09. The molecule has 1 aliphatic carbocycles. The molecule has 0 saturated heterocycles. The van der Waals surface area contributed by atoms with Crippen molar-refractivity contribution in [3.8, 4) is 0 Å². The topological polar surface area (TPSA) is 55.1 Å². The molecule has 0 aliphatic heterocycles. The first-order valence-electron chi connectivity index (χ1n) is 7.59. The summed E-state index contributed by atoms with van der Waals surface area (Å²) in [6, 6.07) is 0. The zero-order valence-corrected chi connectivity index (χ0v) is 13.4. The summed E-state index contributed by atoms with van der Waals surface area (Å²) >= 11 is 5.23. The van der Waals surface area contributed by atoms with E-state index in [9.17, 15) is 4.79 Å². The number of nitrogens with two attached hydrogens (primary N) is 1. The van der Waals surface area contributed by atoms with Gasteiger partial charge in [0.1, 0.15) is 0 Å². The third kappa shape index (κ3) is 3.28. The Morgan fingerprint density at radius 2 is 1.79 bits per heavy atom. The molecule has 3 nitrogen and oxygen atoms in total. The van der Waals surface area contributed by atoms with Gasteiger partial charge in [0.25, 0.3) is 0 Å². The minimum Gasteiger partial charge on any atom is -0.392 e. The van der Waals surface area contributed by atoms with Crippen molar-refractivity contribution in [2.45, 2.75) is 77.7 Å². The van der Waals surface area contributed by atoms with E-state index in [0.717, 1.165) is 44.9 Å². The Bertz CT molecular complexity index is 326. The molecular formula is C15H28N2OS. The molecule has 0 radical (unpaired) electrons. The molecule has 0 unspecified atom stereocenters. The van der Waals surface area contributed by atoms with E-state index >= 15 is 0 Å². The molecule has 110 valence electrons. The summed E-state index contributed by atoms with van der Waals surface area (Å²) < 4.78 is 0. The lowest BCUT2D eigenvalue weighted by molar-refractivity contribution is -0.131. The molecule has 3 N–H and O–H groups in total. The van der Waals surface area contributed by atoms with E-state index in [2.05, 4.69) is 26.1 Å². The van der Waals surface area contributed by atoms with Gasteiger partial charge in [-0.15, -0.1) is 0 Å². The molecule has 0 heterocycles. The van der Waals surface area contributed by atoms with Gasteiger partial charge in [-0.2, -0.15) is 0 Å². The van der Waals surface area contributed by atoms with Crippen LogP contribution >= 0.6 is 12.2 Å². The third-order valence-corrected chi connectivity index (χ3v) is 5.02. The number of thiocarbonyl (C=S) groups is 1. The van der Waals surface area contributed by atoms with Crippen molar-refractivity contribution in [2.75, 3.05) is 0 Å². The van der Waals surface area contributed by atoms with Gasteiger partial charge < -0.3 is 11.1 Å². The molecule has 1 rings (SSSR count). The van der Waals surface area contributed by atoms with Gasteiger partial charge in [0, 0.05) is 5.54 Å². The third-order valence-electron chi connectivity index (χ3n) is 4.63. The largest absolute Gasteiger partial charge is 0.392 e. The van der Waals surface area contributed by atoms with Gasteiger partial charge in [-0.25, -0.2) is 0 Å². The van der Waals surface area contributed by atoms with Gasteiger partial charge in [-0.05, 0) is 38.5 Å². The molecule has 1 aliphatic rings. The number of carbonyl (C=O) groups excluding carboxylic acids is 1. The predicted octanol–water partition coefficient (Wildman–Crippen LogP) is 3.31. The predicted molar refractivity (Wildman–Crippen MR) is 84.1 cm³/mol. The van der Waals surface area contributed by atoms with E-state index in [1.807, 2.05) is 0 Å². The summed E-state index contributed by atoms with van der Waals surface area (Å²) in [4.78, 5) is 13.1. The van der Waals surface area contributed by atoms with Crippen LogP contribution in [-0.2, 0) is 4.79 Å². The van der Waals surface area contributed by atoms with E-state index in [1.165, 1.54) is 6.42 Å². The maximum atomic E-state index is 12.8. The van der Waals surface area contributed by atoms with Crippen LogP contribution in [0.5, 0.6) is 0 Å². The molecule has 0 aromatic rings. The van der Waals surface area contributed by atoms with Crippen LogP contribution in [0.4, 0.5) is 0 Å². The second-order valence-corrected chi connectivity index (χ2v) is 6.33. The Kier molecular flexibility index (Phi) is 5.78. The number of amides is 1. The normalized spacial score (nSPS) is 17.6. The summed E-state index contributed by atoms with van der Waals surface area (Å²) in [5.41, 5.74) is 5.30. The smallest absolute Gasteiger partial charge is 0.233 e. The van der Waals surface area contributed by atoms with Gasteiger partial charge in [-0.1, -0.05) is 45.8 Å². The molecule has 0 spiro atoms. The maximum Gasteiger partial charge on any atom is 0.233 e. The monoisotopic (exact) mass is 284 g/mol. The zero-order valence-electron chi connectivity index (χ0n) is 12.6. The quantitative estimate of drug-likeness (QED) is 0.672. The van der Waals surface area contributed by atoms with E-state index in [4.69, 9.17) is 18.0 Å². The minimum absolute atomic E-state index is 0.00853. The van der Waals surface area contributed by atoms with Crippen LogP contribution in [0.3, 0.4) is 0 Å². The Morgan fingerprint density at radius 3 is 2.05 bits per heavy atom. The Morgan fingerprint density at radius 1 is 1.26 bits per heavy atom. The van der Waals surface area contributed by atoms with Crippen LogP contribution in [0.1, 0.15) is 72.1 Å². The Balaban J connectivity index is 2.89. The lowest BCUT2D eigenvalue weighted by Crippen LogP contribution is -2.59. The maximum absolute atomic E-state index is 12.8. The molecular weight excluding hydrogens is 256 g/mol. The number of hydrogen-bond donors (Lipinski definition) is 2.